The molecule has 0 unspecified atom stereocenters. The van der Waals surface area contributed by atoms with Crippen molar-refractivity contribution >= 4 is 17.8 Å². The van der Waals surface area contributed by atoms with Gasteiger partial charge in [0.2, 0.25) is 0 Å². The van der Waals surface area contributed by atoms with Crippen molar-refractivity contribution in [3.63, 3.8) is 0 Å². The lowest BCUT2D eigenvalue weighted by atomic mass is 9.88. The molecular weight excluding hydrogens is 391 g/mol. The summed E-state index contributed by atoms with van der Waals surface area (Å²) in [6.07, 6.45) is -4.55. The van der Waals surface area contributed by atoms with E-state index in [1.807, 2.05) is 0 Å². The SMILES string of the molecule is CC(C)(C)OC(=O)N1CCC2(CC1)N=C(c1ccc(OC(F)(F)F)cc1)NC2=O. The highest BCUT2D eigenvalue weighted by atomic mass is 19.4. The zero-order valence-electron chi connectivity index (χ0n) is 16.3. The topological polar surface area (TPSA) is 80.2 Å². The van der Waals surface area contributed by atoms with Crippen LogP contribution in [0.1, 0.15) is 39.2 Å². The van der Waals surface area contributed by atoms with Crippen LogP contribution in [0.5, 0.6) is 5.75 Å². The summed E-state index contributed by atoms with van der Waals surface area (Å²) in [6.45, 7) is 5.97. The fourth-order valence-corrected chi connectivity index (χ4v) is 3.19. The van der Waals surface area contributed by atoms with Gasteiger partial charge in [-0.2, -0.15) is 0 Å². The van der Waals surface area contributed by atoms with Gasteiger partial charge < -0.3 is 19.7 Å². The number of alkyl halides is 3. The number of carbonyl (C=O) groups excluding carboxylic acids is 2. The number of carbonyl (C=O) groups is 2. The van der Waals surface area contributed by atoms with Crippen molar-refractivity contribution < 1.29 is 32.2 Å². The van der Waals surface area contributed by atoms with Crippen LogP contribution in [0, 0.1) is 0 Å². The summed E-state index contributed by atoms with van der Waals surface area (Å²) in [7, 11) is 0. The van der Waals surface area contributed by atoms with Gasteiger partial charge in [0.1, 0.15) is 22.7 Å². The lowest BCUT2D eigenvalue weighted by Crippen LogP contribution is -2.51. The highest BCUT2D eigenvalue weighted by Gasteiger charge is 2.47. The Hall–Kier alpha value is -2.78. The molecule has 2 aliphatic rings. The van der Waals surface area contributed by atoms with Gasteiger partial charge in [-0.05, 0) is 57.9 Å². The van der Waals surface area contributed by atoms with Crippen LogP contribution in [0.25, 0.3) is 0 Å². The zero-order valence-corrected chi connectivity index (χ0v) is 16.3. The largest absolute Gasteiger partial charge is 0.573 e. The van der Waals surface area contributed by atoms with Gasteiger partial charge in [-0.25, -0.2) is 4.79 Å². The van der Waals surface area contributed by atoms with Crippen LogP contribution >= 0.6 is 0 Å². The fraction of sp³-hybridized carbons (Fsp3) is 0.526. The minimum Gasteiger partial charge on any atom is -0.444 e. The minimum atomic E-state index is -4.77. The maximum absolute atomic E-state index is 12.6. The van der Waals surface area contributed by atoms with Gasteiger partial charge in [0.15, 0.2) is 0 Å². The van der Waals surface area contributed by atoms with E-state index in [4.69, 9.17) is 4.74 Å². The minimum absolute atomic E-state index is 0.285. The number of piperidine rings is 1. The predicted molar refractivity (Wildman–Crippen MR) is 97.6 cm³/mol. The summed E-state index contributed by atoms with van der Waals surface area (Å²) in [6, 6.07) is 5.12. The molecule has 2 heterocycles. The third-order valence-electron chi connectivity index (χ3n) is 4.58. The number of nitrogens with zero attached hydrogens (tertiary/aromatic N) is 2. The molecule has 0 aromatic heterocycles. The Bertz CT molecular complexity index is 821. The molecule has 1 aromatic rings. The number of benzene rings is 1. The van der Waals surface area contributed by atoms with Crippen LogP contribution in [0.2, 0.25) is 0 Å². The molecule has 2 amide bonds. The van der Waals surface area contributed by atoms with Gasteiger partial charge in [-0.3, -0.25) is 9.79 Å². The Labute approximate surface area is 165 Å². The average Bonchev–Trinajstić information content (AvgIpc) is 2.89. The molecular formula is C19H22F3N3O4. The van der Waals surface area contributed by atoms with E-state index in [2.05, 4.69) is 15.0 Å². The van der Waals surface area contributed by atoms with E-state index in [-0.39, 0.29) is 11.7 Å². The number of nitrogens with one attached hydrogen (secondary N) is 1. The number of hydrogen-bond acceptors (Lipinski definition) is 5. The lowest BCUT2D eigenvalue weighted by molar-refractivity contribution is -0.274. The molecule has 1 N–H and O–H groups in total. The highest BCUT2D eigenvalue weighted by molar-refractivity contribution is 6.15. The molecule has 10 heteroatoms. The van der Waals surface area contributed by atoms with Crippen molar-refractivity contribution in [3.8, 4) is 5.75 Å². The molecule has 0 radical (unpaired) electrons. The average molecular weight is 413 g/mol. The Balaban J connectivity index is 1.68. The number of hydrogen-bond donors (Lipinski definition) is 1. The smallest absolute Gasteiger partial charge is 0.444 e. The quantitative estimate of drug-likeness (QED) is 0.807. The molecule has 1 saturated heterocycles. The number of likely N-dealkylation sites (tertiary alicyclic amines) is 1. The summed E-state index contributed by atoms with van der Waals surface area (Å²) >= 11 is 0. The van der Waals surface area contributed by atoms with Crippen molar-refractivity contribution in [1.82, 2.24) is 10.2 Å². The van der Waals surface area contributed by atoms with Crippen LogP contribution in [-0.4, -0.2) is 53.3 Å². The molecule has 1 fully saturated rings. The maximum atomic E-state index is 12.6. The van der Waals surface area contributed by atoms with Crippen LogP contribution < -0.4 is 10.1 Å². The second-order valence-electron chi connectivity index (χ2n) is 7.99. The van der Waals surface area contributed by atoms with Crippen molar-refractivity contribution in [2.45, 2.75) is 51.1 Å². The van der Waals surface area contributed by atoms with Crippen LogP contribution in [-0.2, 0) is 9.53 Å². The van der Waals surface area contributed by atoms with E-state index in [1.165, 1.54) is 12.1 Å². The van der Waals surface area contributed by atoms with Gasteiger partial charge in [-0.1, -0.05) is 0 Å². The molecule has 158 valence electrons. The molecule has 29 heavy (non-hydrogen) atoms. The number of ether oxygens (including phenoxy) is 2. The second-order valence-corrected chi connectivity index (χ2v) is 7.99. The van der Waals surface area contributed by atoms with E-state index in [0.29, 0.717) is 37.3 Å². The van der Waals surface area contributed by atoms with Gasteiger partial charge in [0.05, 0.1) is 0 Å². The molecule has 3 rings (SSSR count). The van der Waals surface area contributed by atoms with Crippen molar-refractivity contribution in [3.05, 3.63) is 29.8 Å². The van der Waals surface area contributed by atoms with Gasteiger partial charge in [-0.15, -0.1) is 13.2 Å². The van der Waals surface area contributed by atoms with E-state index in [0.717, 1.165) is 12.1 Å². The number of aliphatic imine (C=N–C) groups is 1. The van der Waals surface area contributed by atoms with Crippen LogP contribution in [0.15, 0.2) is 29.3 Å². The molecule has 2 aliphatic heterocycles. The van der Waals surface area contributed by atoms with Crippen LogP contribution in [0.3, 0.4) is 0 Å². The summed E-state index contributed by atoms with van der Waals surface area (Å²) in [5.41, 5.74) is -1.13. The molecule has 0 bridgehead atoms. The Kier molecular flexibility index (Phi) is 5.22. The van der Waals surface area contributed by atoms with E-state index in [9.17, 15) is 22.8 Å². The lowest BCUT2D eigenvalue weighted by Gasteiger charge is -2.36. The monoisotopic (exact) mass is 413 g/mol. The standard InChI is InChI=1S/C19H22F3N3O4/c1-17(2,3)29-16(27)25-10-8-18(9-11-25)15(26)23-14(24-18)12-4-6-13(7-5-12)28-19(20,21)22/h4-7H,8-11H2,1-3H3,(H,23,24,26). The maximum Gasteiger partial charge on any atom is 0.573 e. The summed E-state index contributed by atoms with van der Waals surface area (Å²) in [5.74, 6) is -0.349. The number of halogens is 3. The van der Waals surface area contributed by atoms with E-state index >= 15 is 0 Å². The van der Waals surface area contributed by atoms with Crippen molar-refractivity contribution in [1.29, 1.82) is 0 Å². The Morgan fingerprint density at radius 3 is 2.24 bits per heavy atom. The highest BCUT2D eigenvalue weighted by Crippen LogP contribution is 2.32. The molecule has 0 atom stereocenters. The number of amidine groups is 1. The van der Waals surface area contributed by atoms with Crippen molar-refractivity contribution in [2.24, 2.45) is 4.99 Å². The predicted octanol–water partition coefficient (Wildman–Crippen LogP) is 3.23. The zero-order chi connectivity index (χ0) is 21.4. The van der Waals surface area contributed by atoms with Gasteiger partial charge >= 0.3 is 12.5 Å². The normalized spacial score (nSPS) is 19.0. The summed E-state index contributed by atoms with van der Waals surface area (Å²) < 4.78 is 46.0. The first-order valence-electron chi connectivity index (χ1n) is 9.12. The third-order valence-corrected chi connectivity index (χ3v) is 4.58. The first-order chi connectivity index (χ1) is 13.4. The molecule has 1 aromatic carbocycles. The van der Waals surface area contributed by atoms with Crippen LogP contribution in [0.4, 0.5) is 18.0 Å². The molecule has 1 spiro atoms. The fourth-order valence-electron chi connectivity index (χ4n) is 3.19. The molecule has 7 nitrogen and oxygen atoms in total. The Morgan fingerprint density at radius 1 is 1.14 bits per heavy atom. The third kappa shape index (κ3) is 4.99. The number of amides is 2. The van der Waals surface area contributed by atoms with Crippen molar-refractivity contribution in [2.75, 3.05) is 13.1 Å². The van der Waals surface area contributed by atoms with E-state index in [1.54, 1.807) is 25.7 Å². The first-order valence-corrected chi connectivity index (χ1v) is 9.12. The number of rotatable bonds is 2. The Morgan fingerprint density at radius 2 is 1.72 bits per heavy atom. The summed E-state index contributed by atoms with van der Waals surface area (Å²) in [5, 5.41) is 2.69. The summed E-state index contributed by atoms with van der Waals surface area (Å²) in [4.78, 5) is 30.8. The molecule has 0 aliphatic carbocycles. The second kappa shape index (κ2) is 7.23. The molecule has 0 saturated carbocycles. The van der Waals surface area contributed by atoms with Gasteiger partial charge in [0, 0.05) is 18.7 Å². The van der Waals surface area contributed by atoms with Gasteiger partial charge in [0.25, 0.3) is 5.91 Å². The first kappa shape index (κ1) is 20.9. The van der Waals surface area contributed by atoms with E-state index < -0.39 is 23.6 Å².